The van der Waals surface area contributed by atoms with Gasteiger partial charge in [0.15, 0.2) is 5.13 Å². The summed E-state index contributed by atoms with van der Waals surface area (Å²) in [6.45, 7) is 0. The number of anilines is 1. The van der Waals surface area contributed by atoms with Crippen LogP contribution in [-0.2, 0) is 0 Å². The third-order valence-corrected chi connectivity index (χ3v) is 5.77. The summed E-state index contributed by atoms with van der Waals surface area (Å²) in [6.07, 6.45) is 6.08. The zero-order chi connectivity index (χ0) is 12.5. The lowest BCUT2D eigenvalue weighted by atomic mass is 10.2. The Balaban J connectivity index is 1.82. The van der Waals surface area contributed by atoms with Crippen LogP contribution in [0.2, 0.25) is 5.02 Å². The second kappa shape index (κ2) is 5.27. The van der Waals surface area contributed by atoms with Crippen LogP contribution in [0, 0.1) is 0 Å². The highest BCUT2D eigenvalue weighted by atomic mass is 35.5. The van der Waals surface area contributed by atoms with Crippen molar-refractivity contribution >= 4 is 50.0 Å². The molecule has 1 aromatic heterocycles. The number of halogens is 1. The third-order valence-electron chi connectivity index (χ3n) is 3.41. The molecule has 0 amide bonds. The highest BCUT2D eigenvalue weighted by Crippen LogP contribution is 2.34. The van der Waals surface area contributed by atoms with Crippen LogP contribution in [0.3, 0.4) is 0 Å². The van der Waals surface area contributed by atoms with Gasteiger partial charge in [-0.3, -0.25) is 0 Å². The van der Waals surface area contributed by atoms with Crippen LogP contribution in [0.25, 0.3) is 10.2 Å². The summed E-state index contributed by atoms with van der Waals surface area (Å²) in [4.78, 5) is 4.63. The number of fused-ring (bicyclic) bond motifs is 1. The third kappa shape index (κ3) is 2.46. The fourth-order valence-corrected chi connectivity index (χ4v) is 4.63. The van der Waals surface area contributed by atoms with Gasteiger partial charge in [-0.2, -0.15) is 11.8 Å². The molecule has 0 aliphatic heterocycles. The lowest BCUT2D eigenvalue weighted by Crippen LogP contribution is -2.25. The second-order valence-corrected chi connectivity index (χ2v) is 7.13. The Hall–Kier alpha value is -0.450. The molecule has 1 fully saturated rings. The Labute approximate surface area is 120 Å². The maximum Gasteiger partial charge on any atom is 0.184 e. The summed E-state index contributed by atoms with van der Waals surface area (Å²) in [5.74, 6) is 0. The van der Waals surface area contributed by atoms with Gasteiger partial charge in [0.05, 0.1) is 10.2 Å². The Morgan fingerprint density at radius 1 is 1.44 bits per heavy atom. The molecule has 0 saturated heterocycles. The van der Waals surface area contributed by atoms with Gasteiger partial charge in [0, 0.05) is 16.3 Å². The summed E-state index contributed by atoms with van der Waals surface area (Å²) < 4.78 is 1.16. The van der Waals surface area contributed by atoms with Gasteiger partial charge < -0.3 is 5.32 Å². The lowest BCUT2D eigenvalue weighted by Gasteiger charge is -2.18. The van der Waals surface area contributed by atoms with Crippen molar-refractivity contribution in [3.8, 4) is 0 Å². The molecule has 96 valence electrons. The Morgan fingerprint density at radius 2 is 2.33 bits per heavy atom. The first-order valence-electron chi connectivity index (χ1n) is 6.11. The van der Waals surface area contributed by atoms with Crippen LogP contribution in [0.4, 0.5) is 5.13 Å². The smallest absolute Gasteiger partial charge is 0.184 e. The molecule has 5 heteroatoms. The van der Waals surface area contributed by atoms with Gasteiger partial charge in [-0.15, -0.1) is 0 Å². The molecular weight excluding hydrogens is 284 g/mol. The topological polar surface area (TPSA) is 24.9 Å². The van der Waals surface area contributed by atoms with E-state index in [-0.39, 0.29) is 0 Å². The molecule has 0 spiro atoms. The summed E-state index contributed by atoms with van der Waals surface area (Å²) in [7, 11) is 0. The maximum atomic E-state index is 6.00. The minimum absolute atomic E-state index is 0.566. The molecule has 0 radical (unpaired) electrons. The summed E-state index contributed by atoms with van der Waals surface area (Å²) in [6, 6.07) is 6.43. The molecular formula is C13H15ClN2S2. The fraction of sp³-hybridized carbons (Fsp3) is 0.462. The first-order chi connectivity index (χ1) is 8.76. The zero-order valence-electron chi connectivity index (χ0n) is 10.1. The number of thiazole rings is 1. The monoisotopic (exact) mass is 298 g/mol. The van der Waals surface area contributed by atoms with Gasteiger partial charge >= 0.3 is 0 Å². The SMILES string of the molecule is CSC1CCCC1Nc1nc2ccc(Cl)cc2s1. The average Bonchev–Trinajstić information content (AvgIpc) is 2.94. The molecule has 1 saturated carbocycles. The van der Waals surface area contributed by atoms with Gasteiger partial charge in [0.1, 0.15) is 0 Å². The molecule has 3 rings (SSSR count). The minimum Gasteiger partial charge on any atom is -0.358 e. The predicted octanol–water partition coefficient (Wildman–Crippen LogP) is 4.65. The lowest BCUT2D eigenvalue weighted by molar-refractivity contribution is 0.768. The van der Waals surface area contributed by atoms with Crippen LogP contribution in [0.1, 0.15) is 19.3 Å². The van der Waals surface area contributed by atoms with Crippen LogP contribution in [-0.4, -0.2) is 22.5 Å². The molecule has 2 nitrogen and oxygen atoms in total. The number of thioether (sulfide) groups is 1. The fourth-order valence-electron chi connectivity index (χ4n) is 2.49. The molecule has 1 aromatic carbocycles. The van der Waals surface area contributed by atoms with Crippen molar-refractivity contribution in [3.63, 3.8) is 0 Å². The van der Waals surface area contributed by atoms with E-state index in [0.29, 0.717) is 6.04 Å². The summed E-state index contributed by atoms with van der Waals surface area (Å²) in [5, 5.41) is 6.12. The molecule has 18 heavy (non-hydrogen) atoms. The number of aromatic nitrogens is 1. The van der Waals surface area contributed by atoms with E-state index in [2.05, 4.69) is 16.6 Å². The Bertz CT molecular complexity index is 555. The van der Waals surface area contributed by atoms with Gasteiger partial charge in [-0.1, -0.05) is 29.4 Å². The van der Waals surface area contributed by atoms with E-state index in [1.807, 2.05) is 30.0 Å². The van der Waals surface area contributed by atoms with Gasteiger partial charge in [-0.05, 0) is 37.3 Å². The van der Waals surface area contributed by atoms with E-state index in [9.17, 15) is 0 Å². The largest absolute Gasteiger partial charge is 0.358 e. The van der Waals surface area contributed by atoms with Gasteiger partial charge in [-0.25, -0.2) is 4.98 Å². The Morgan fingerprint density at radius 3 is 3.17 bits per heavy atom. The maximum absolute atomic E-state index is 6.00. The molecule has 0 bridgehead atoms. The van der Waals surface area contributed by atoms with Crippen molar-refractivity contribution in [2.24, 2.45) is 0 Å². The van der Waals surface area contributed by atoms with E-state index in [0.717, 1.165) is 25.6 Å². The van der Waals surface area contributed by atoms with Crippen molar-refractivity contribution in [2.75, 3.05) is 11.6 Å². The van der Waals surface area contributed by atoms with Crippen LogP contribution in [0.5, 0.6) is 0 Å². The van der Waals surface area contributed by atoms with E-state index in [1.54, 1.807) is 11.3 Å². The normalized spacial score (nSPS) is 23.7. The van der Waals surface area contributed by atoms with E-state index >= 15 is 0 Å². The van der Waals surface area contributed by atoms with E-state index in [4.69, 9.17) is 11.6 Å². The van der Waals surface area contributed by atoms with Crippen LogP contribution in [0.15, 0.2) is 18.2 Å². The first kappa shape index (κ1) is 12.6. The van der Waals surface area contributed by atoms with Gasteiger partial charge in [0.25, 0.3) is 0 Å². The van der Waals surface area contributed by atoms with E-state index < -0.39 is 0 Å². The van der Waals surface area contributed by atoms with Crippen LogP contribution >= 0.6 is 34.7 Å². The molecule has 2 aromatic rings. The molecule has 1 aliphatic carbocycles. The molecule has 1 heterocycles. The van der Waals surface area contributed by atoms with Crippen LogP contribution < -0.4 is 5.32 Å². The van der Waals surface area contributed by atoms with Gasteiger partial charge in [0.2, 0.25) is 0 Å². The van der Waals surface area contributed by atoms with Crippen molar-refractivity contribution in [1.29, 1.82) is 0 Å². The molecule has 1 aliphatic rings. The highest BCUT2D eigenvalue weighted by molar-refractivity contribution is 7.99. The Kier molecular flexibility index (Phi) is 3.68. The molecule has 2 atom stereocenters. The number of nitrogens with one attached hydrogen (secondary N) is 1. The number of nitrogens with zero attached hydrogens (tertiary/aromatic N) is 1. The number of rotatable bonds is 3. The van der Waals surface area contributed by atoms with Crippen molar-refractivity contribution in [2.45, 2.75) is 30.6 Å². The summed E-state index contributed by atoms with van der Waals surface area (Å²) >= 11 is 9.66. The molecule has 2 unspecified atom stereocenters. The molecule has 1 N–H and O–H groups in total. The van der Waals surface area contributed by atoms with Crippen molar-refractivity contribution in [1.82, 2.24) is 4.98 Å². The van der Waals surface area contributed by atoms with Crippen molar-refractivity contribution < 1.29 is 0 Å². The minimum atomic E-state index is 0.566. The highest BCUT2D eigenvalue weighted by Gasteiger charge is 2.26. The van der Waals surface area contributed by atoms with Crippen molar-refractivity contribution in [3.05, 3.63) is 23.2 Å². The number of hydrogen-bond acceptors (Lipinski definition) is 4. The predicted molar refractivity (Wildman–Crippen MR) is 83.2 cm³/mol. The number of benzene rings is 1. The standard InChI is InChI=1S/C13H15ClN2S2/c1-17-11-4-2-3-9(11)15-13-16-10-6-5-8(14)7-12(10)18-13/h5-7,9,11H,2-4H2,1H3,(H,15,16). The zero-order valence-corrected chi connectivity index (χ0v) is 12.5. The average molecular weight is 299 g/mol. The quantitative estimate of drug-likeness (QED) is 0.893. The van der Waals surface area contributed by atoms with E-state index in [1.165, 1.54) is 19.3 Å². The summed E-state index contributed by atoms with van der Waals surface area (Å²) in [5.41, 5.74) is 1.03. The second-order valence-electron chi connectivity index (χ2n) is 4.59. The number of hydrogen-bond donors (Lipinski definition) is 1. The first-order valence-corrected chi connectivity index (χ1v) is 8.60.